The summed E-state index contributed by atoms with van der Waals surface area (Å²) < 4.78 is 0. The highest BCUT2D eigenvalue weighted by Gasteiger charge is 2.14. The number of rotatable bonds is 4. The first-order valence-corrected chi connectivity index (χ1v) is 7.07. The Morgan fingerprint density at radius 2 is 1.71 bits per heavy atom. The van der Waals surface area contributed by atoms with Gasteiger partial charge in [-0.3, -0.25) is 4.99 Å². The highest BCUT2D eigenvalue weighted by atomic mass is 35.5. The highest BCUT2D eigenvalue weighted by Crippen LogP contribution is 2.30. The Labute approximate surface area is 133 Å². The normalized spacial score (nSPS) is 13.0. The lowest BCUT2D eigenvalue weighted by atomic mass is 10.1. The Bertz CT molecular complexity index is 612. The van der Waals surface area contributed by atoms with E-state index in [4.69, 9.17) is 28.9 Å². The van der Waals surface area contributed by atoms with E-state index in [1.165, 1.54) is 0 Å². The number of aliphatic imine (C=N–C) groups is 1. The van der Waals surface area contributed by atoms with Crippen molar-refractivity contribution < 1.29 is 5.11 Å². The van der Waals surface area contributed by atoms with E-state index in [9.17, 15) is 5.11 Å². The number of halogens is 2. The SMILES string of the molecule is NC(=NCC(O)c1c(Cl)cccc1Cl)Nc1ccccc1. The molecule has 2 aromatic rings. The van der Waals surface area contributed by atoms with E-state index < -0.39 is 6.10 Å². The lowest BCUT2D eigenvalue weighted by Gasteiger charge is -2.13. The van der Waals surface area contributed by atoms with E-state index in [0.29, 0.717) is 15.6 Å². The van der Waals surface area contributed by atoms with Gasteiger partial charge in [0.2, 0.25) is 0 Å². The number of hydrogen-bond acceptors (Lipinski definition) is 2. The predicted octanol–water partition coefficient (Wildman–Crippen LogP) is 3.45. The van der Waals surface area contributed by atoms with Crippen LogP contribution in [0.5, 0.6) is 0 Å². The largest absolute Gasteiger partial charge is 0.386 e. The first-order chi connectivity index (χ1) is 10.1. The number of benzene rings is 2. The van der Waals surface area contributed by atoms with Crippen LogP contribution in [0.2, 0.25) is 10.0 Å². The topological polar surface area (TPSA) is 70.6 Å². The molecule has 0 aromatic heterocycles. The van der Waals surface area contributed by atoms with Crippen LogP contribution in [-0.2, 0) is 0 Å². The van der Waals surface area contributed by atoms with Gasteiger partial charge in [0.05, 0.1) is 6.54 Å². The minimum atomic E-state index is -0.915. The molecule has 1 atom stereocenters. The number of guanidine groups is 1. The van der Waals surface area contributed by atoms with Crippen LogP contribution in [0.25, 0.3) is 0 Å². The summed E-state index contributed by atoms with van der Waals surface area (Å²) in [5.74, 6) is 0.212. The Morgan fingerprint density at radius 1 is 1.10 bits per heavy atom. The maximum Gasteiger partial charge on any atom is 0.193 e. The molecule has 0 aliphatic carbocycles. The molecule has 6 heteroatoms. The van der Waals surface area contributed by atoms with Gasteiger partial charge in [0, 0.05) is 21.3 Å². The van der Waals surface area contributed by atoms with Crippen molar-refractivity contribution in [2.24, 2.45) is 10.7 Å². The van der Waals surface area contributed by atoms with Crippen molar-refractivity contribution in [1.29, 1.82) is 0 Å². The molecule has 0 saturated carbocycles. The summed E-state index contributed by atoms with van der Waals surface area (Å²) in [6.45, 7) is 0.0646. The number of nitrogens with two attached hydrogens (primary N) is 1. The van der Waals surface area contributed by atoms with Crippen molar-refractivity contribution in [3.63, 3.8) is 0 Å². The van der Waals surface area contributed by atoms with E-state index in [-0.39, 0.29) is 12.5 Å². The molecule has 0 spiro atoms. The lowest BCUT2D eigenvalue weighted by Crippen LogP contribution is -2.23. The van der Waals surface area contributed by atoms with E-state index in [1.54, 1.807) is 18.2 Å². The van der Waals surface area contributed by atoms with E-state index >= 15 is 0 Å². The summed E-state index contributed by atoms with van der Waals surface area (Å²) in [5, 5.41) is 13.9. The zero-order chi connectivity index (χ0) is 15.2. The summed E-state index contributed by atoms with van der Waals surface area (Å²) in [4.78, 5) is 4.09. The number of para-hydroxylation sites is 1. The quantitative estimate of drug-likeness (QED) is 0.596. The maximum atomic E-state index is 10.1. The summed E-state index contributed by atoms with van der Waals surface area (Å²) >= 11 is 12.1. The lowest BCUT2D eigenvalue weighted by molar-refractivity contribution is 0.187. The van der Waals surface area contributed by atoms with Crippen LogP contribution >= 0.6 is 23.2 Å². The van der Waals surface area contributed by atoms with Gasteiger partial charge in [0.15, 0.2) is 5.96 Å². The Morgan fingerprint density at radius 3 is 2.33 bits per heavy atom. The summed E-state index contributed by atoms with van der Waals surface area (Å²) in [6, 6.07) is 14.5. The molecule has 0 saturated heterocycles. The van der Waals surface area contributed by atoms with Crippen molar-refractivity contribution in [2.75, 3.05) is 11.9 Å². The average Bonchev–Trinajstić information content (AvgIpc) is 2.46. The van der Waals surface area contributed by atoms with Gasteiger partial charge < -0.3 is 16.2 Å². The van der Waals surface area contributed by atoms with Crippen molar-refractivity contribution in [1.82, 2.24) is 0 Å². The molecular weight excluding hydrogens is 309 g/mol. The van der Waals surface area contributed by atoms with Crippen LogP contribution in [0, 0.1) is 0 Å². The van der Waals surface area contributed by atoms with Crippen molar-refractivity contribution in [3.8, 4) is 0 Å². The molecular formula is C15H15Cl2N3O. The zero-order valence-corrected chi connectivity index (χ0v) is 12.6. The molecule has 4 N–H and O–H groups in total. The van der Waals surface area contributed by atoms with Gasteiger partial charge in [0.25, 0.3) is 0 Å². The maximum absolute atomic E-state index is 10.1. The highest BCUT2D eigenvalue weighted by molar-refractivity contribution is 6.36. The Hall–Kier alpha value is -1.75. The number of nitrogens with one attached hydrogen (secondary N) is 1. The predicted molar refractivity (Wildman–Crippen MR) is 88.0 cm³/mol. The Balaban J connectivity index is 2.03. The van der Waals surface area contributed by atoms with Gasteiger partial charge in [-0.2, -0.15) is 0 Å². The molecule has 2 aromatic carbocycles. The zero-order valence-electron chi connectivity index (χ0n) is 11.1. The summed E-state index contributed by atoms with van der Waals surface area (Å²) in [6.07, 6.45) is -0.915. The van der Waals surface area contributed by atoms with E-state index in [1.807, 2.05) is 30.3 Å². The molecule has 0 aliphatic rings. The Kier molecular flexibility index (Phi) is 5.44. The number of aliphatic hydroxyl groups excluding tert-OH is 1. The molecule has 0 radical (unpaired) electrons. The van der Waals surface area contributed by atoms with Crippen LogP contribution in [0.1, 0.15) is 11.7 Å². The van der Waals surface area contributed by atoms with Gasteiger partial charge in [-0.1, -0.05) is 47.5 Å². The van der Waals surface area contributed by atoms with Crippen LogP contribution in [0.3, 0.4) is 0 Å². The second-order valence-corrected chi connectivity index (χ2v) is 5.18. The second kappa shape index (κ2) is 7.31. The monoisotopic (exact) mass is 323 g/mol. The molecule has 110 valence electrons. The van der Waals surface area contributed by atoms with Crippen molar-refractivity contribution in [3.05, 3.63) is 64.1 Å². The number of anilines is 1. The smallest absolute Gasteiger partial charge is 0.193 e. The fourth-order valence-electron chi connectivity index (χ4n) is 1.81. The van der Waals surface area contributed by atoms with Crippen LogP contribution < -0.4 is 11.1 Å². The molecule has 2 rings (SSSR count). The van der Waals surface area contributed by atoms with E-state index in [2.05, 4.69) is 10.3 Å². The fraction of sp³-hybridized carbons (Fsp3) is 0.133. The van der Waals surface area contributed by atoms with Crippen LogP contribution in [-0.4, -0.2) is 17.6 Å². The third kappa shape index (κ3) is 4.36. The molecule has 0 heterocycles. The van der Waals surface area contributed by atoms with Gasteiger partial charge in [-0.25, -0.2) is 0 Å². The van der Waals surface area contributed by atoms with Crippen LogP contribution in [0.4, 0.5) is 5.69 Å². The molecule has 0 bridgehead atoms. The second-order valence-electron chi connectivity index (χ2n) is 4.37. The first-order valence-electron chi connectivity index (χ1n) is 6.32. The van der Waals surface area contributed by atoms with Crippen molar-refractivity contribution in [2.45, 2.75) is 6.10 Å². The van der Waals surface area contributed by atoms with Crippen molar-refractivity contribution >= 4 is 34.8 Å². The summed E-state index contributed by atoms with van der Waals surface area (Å²) in [7, 11) is 0. The minimum absolute atomic E-state index is 0.0646. The van der Waals surface area contributed by atoms with Crippen LogP contribution in [0.15, 0.2) is 53.5 Å². The van der Waals surface area contributed by atoms with Gasteiger partial charge >= 0.3 is 0 Å². The molecule has 0 fully saturated rings. The third-order valence-corrected chi connectivity index (χ3v) is 3.47. The van der Waals surface area contributed by atoms with Gasteiger partial charge in [-0.15, -0.1) is 0 Å². The summed E-state index contributed by atoms with van der Waals surface area (Å²) in [5.41, 5.74) is 7.05. The number of hydrogen-bond donors (Lipinski definition) is 3. The molecule has 4 nitrogen and oxygen atoms in total. The van der Waals surface area contributed by atoms with E-state index in [0.717, 1.165) is 5.69 Å². The number of aliphatic hydroxyl groups is 1. The van der Waals surface area contributed by atoms with Gasteiger partial charge in [0.1, 0.15) is 6.10 Å². The molecule has 0 aliphatic heterocycles. The molecule has 21 heavy (non-hydrogen) atoms. The van der Waals surface area contributed by atoms with Gasteiger partial charge in [-0.05, 0) is 24.3 Å². The number of nitrogens with zero attached hydrogens (tertiary/aromatic N) is 1. The first kappa shape index (κ1) is 15.6. The average molecular weight is 324 g/mol. The molecule has 1 unspecified atom stereocenters. The fourth-order valence-corrected chi connectivity index (χ4v) is 2.46. The minimum Gasteiger partial charge on any atom is -0.386 e. The standard InChI is InChI=1S/C15H15Cl2N3O/c16-11-7-4-8-12(17)14(11)13(21)9-19-15(18)20-10-5-2-1-3-6-10/h1-8,13,21H,9H2,(H3,18,19,20). The third-order valence-electron chi connectivity index (χ3n) is 2.81. The molecule has 0 amide bonds.